The molecule has 0 bridgehead atoms. The van der Waals surface area contributed by atoms with Gasteiger partial charge in [0.1, 0.15) is 0 Å². The van der Waals surface area contributed by atoms with Gasteiger partial charge in [0.25, 0.3) is 11.6 Å². The maximum atomic E-state index is 12.3. The normalized spacial score (nSPS) is 12.1. The highest BCUT2D eigenvalue weighted by Gasteiger charge is 2.10. The molecule has 0 saturated heterocycles. The Kier molecular flexibility index (Phi) is 6.35. The van der Waals surface area contributed by atoms with Crippen LogP contribution in [0.5, 0.6) is 0 Å². The van der Waals surface area contributed by atoms with Crippen LogP contribution in [-0.4, -0.2) is 29.1 Å². The number of amides is 1. The number of halogens is 1. The van der Waals surface area contributed by atoms with Crippen LogP contribution in [0.4, 0.5) is 5.69 Å². The van der Waals surface area contributed by atoms with Gasteiger partial charge >= 0.3 is 0 Å². The van der Waals surface area contributed by atoms with E-state index in [0.29, 0.717) is 28.5 Å². The molecule has 0 saturated carbocycles. The Morgan fingerprint density at radius 2 is 2.14 bits per heavy atom. The average Bonchev–Trinajstić information content (AvgIpc) is 3.03. The maximum Gasteiger partial charge on any atom is 0.272 e. The number of para-hydroxylation sites is 1. The van der Waals surface area contributed by atoms with Crippen molar-refractivity contribution in [2.75, 3.05) is 13.7 Å². The summed E-state index contributed by atoms with van der Waals surface area (Å²) in [7, 11) is 1.60. The molecule has 3 aromatic rings. The smallest absolute Gasteiger partial charge is 0.272 e. The number of nitro groups is 1. The molecule has 0 aliphatic carbocycles. The van der Waals surface area contributed by atoms with Crippen molar-refractivity contribution in [1.29, 1.82) is 0 Å². The second-order valence-corrected chi connectivity index (χ2v) is 7.17. The van der Waals surface area contributed by atoms with Gasteiger partial charge in [-0.2, -0.15) is 4.99 Å². The third-order valence-electron chi connectivity index (χ3n) is 3.88. The Morgan fingerprint density at radius 3 is 2.89 bits per heavy atom. The molecular formula is C19H16ClN3O4S. The van der Waals surface area contributed by atoms with Crippen molar-refractivity contribution in [3.8, 4) is 0 Å². The molecule has 0 aliphatic heterocycles. The van der Waals surface area contributed by atoms with Crippen LogP contribution in [0.1, 0.15) is 5.56 Å². The zero-order chi connectivity index (χ0) is 20.1. The van der Waals surface area contributed by atoms with Gasteiger partial charge in [0.15, 0.2) is 4.80 Å². The summed E-state index contributed by atoms with van der Waals surface area (Å²) in [6, 6.07) is 11.6. The van der Waals surface area contributed by atoms with E-state index in [2.05, 4.69) is 4.99 Å². The molecular weight excluding hydrogens is 402 g/mol. The molecule has 0 radical (unpaired) electrons. The lowest BCUT2D eigenvalue weighted by Crippen LogP contribution is -2.19. The minimum absolute atomic E-state index is 0.0388. The van der Waals surface area contributed by atoms with Crippen LogP contribution in [0, 0.1) is 10.1 Å². The number of ether oxygens (including phenoxy) is 1. The van der Waals surface area contributed by atoms with Crippen molar-refractivity contribution >= 4 is 50.8 Å². The second-order valence-electron chi connectivity index (χ2n) is 5.75. The van der Waals surface area contributed by atoms with Crippen molar-refractivity contribution < 1.29 is 14.5 Å². The molecule has 3 rings (SSSR count). The molecule has 0 N–H and O–H groups in total. The zero-order valence-electron chi connectivity index (χ0n) is 14.9. The number of non-ortho nitro benzene ring substituents is 1. The van der Waals surface area contributed by atoms with Crippen LogP contribution in [0.15, 0.2) is 53.5 Å². The van der Waals surface area contributed by atoms with Crippen molar-refractivity contribution in [2.45, 2.75) is 6.54 Å². The van der Waals surface area contributed by atoms with Crippen molar-refractivity contribution in [3.63, 3.8) is 0 Å². The van der Waals surface area contributed by atoms with E-state index in [-0.39, 0.29) is 5.69 Å². The molecule has 1 amide bonds. The second kappa shape index (κ2) is 8.92. The summed E-state index contributed by atoms with van der Waals surface area (Å²) in [5.74, 6) is -0.472. The summed E-state index contributed by atoms with van der Waals surface area (Å²) >= 11 is 7.68. The molecule has 28 heavy (non-hydrogen) atoms. The number of fused-ring (bicyclic) bond motifs is 1. The summed E-state index contributed by atoms with van der Waals surface area (Å²) < 4.78 is 7.91. The molecule has 1 heterocycles. The van der Waals surface area contributed by atoms with Crippen LogP contribution < -0.4 is 4.80 Å². The number of benzene rings is 2. The summed E-state index contributed by atoms with van der Waals surface area (Å²) in [5, 5.41) is 11.4. The molecule has 7 nitrogen and oxygen atoms in total. The Hall–Kier alpha value is -2.81. The molecule has 2 aromatic carbocycles. The van der Waals surface area contributed by atoms with E-state index in [9.17, 15) is 14.9 Å². The minimum Gasteiger partial charge on any atom is -0.383 e. The Bertz CT molecular complexity index is 1130. The third kappa shape index (κ3) is 4.53. The van der Waals surface area contributed by atoms with Crippen LogP contribution in [0.3, 0.4) is 0 Å². The lowest BCUT2D eigenvalue weighted by atomic mass is 10.2. The standard InChI is InChI=1S/C19H16ClN3O4S/c1-27-11-10-22-18-15(20)6-3-7-16(18)28-19(22)21-17(24)9-8-13-4-2-5-14(12-13)23(25)26/h2-9,12H,10-11H2,1H3/b9-8+,21-19?. The Labute approximate surface area is 169 Å². The fourth-order valence-electron chi connectivity index (χ4n) is 2.60. The number of nitro benzene ring substituents is 1. The van der Waals surface area contributed by atoms with E-state index in [0.717, 1.165) is 10.2 Å². The monoisotopic (exact) mass is 417 g/mol. The number of nitrogens with zero attached hydrogens (tertiary/aromatic N) is 3. The number of methoxy groups -OCH3 is 1. The van der Waals surface area contributed by atoms with Crippen molar-refractivity contribution in [3.05, 3.63) is 74.0 Å². The Morgan fingerprint density at radius 1 is 1.36 bits per heavy atom. The lowest BCUT2D eigenvalue weighted by molar-refractivity contribution is -0.384. The van der Waals surface area contributed by atoms with Gasteiger partial charge < -0.3 is 9.30 Å². The number of rotatable bonds is 6. The van der Waals surface area contributed by atoms with Gasteiger partial charge in [0, 0.05) is 31.9 Å². The van der Waals surface area contributed by atoms with Gasteiger partial charge in [-0.05, 0) is 23.8 Å². The summed E-state index contributed by atoms with van der Waals surface area (Å²) in [5.41, 5.74) is 1.31. The largest absolute Gasteiger partial charge is 0.383 e. The van der Waals surface area contributed by atoms with Crippen molar-refractivity contribution in [2.24, 2.45) is 4.99 Å². The average molecular weight is 418 g/mol. The minimum atomic E-state index is -0.483. The first-order valence-electron chi connectivity index (χ1n) is 8.27. The van der Waals surface area contributed by atoms with E-state index >= 15 is 0 Å². The fourth-order valence-corrected chi connectivity index (χ4v) is 4.02. The first kappa shape index (κ1) is 19.9. The van der Waals surface area contributed by atoms with Gasteiger partial charge in [0.05, 0.1) is 26.8 Å². The number of thiazole rings is 1. The first-order valence-corrected chi connectivity index (χ1v) is 9.47. The van der Waals surface area contributed by atoms with E-state index in [1.54, 1.807) is 25.3 Å². The Balaban J connectivity index is 1.95. The summed E-state index contributed by atoms with van der Waals surface area (Å²) in [6.45, 7) is 0.947. The predicted octanol–water partition coefficient (Wildman–Crippen LogP) is 4.05. The highest BCUT2D eigenvalue weighted by atomic mass is 35.5. The third-order valence-corrected chi connectivity index (χ3v) is 5.22. The van der Waals surface area contributed by atoms with Gasteiger partial charge in [-0.25, -0.2) is 0 Å². The van der Waals surface area contributed by atoms with E-state index in [4.69, 9.17) is 16.3 Å². The number of carbonyl (C=O) groups excluding carboxylic acids is 1. The molecule has 0 atom stereocenters. The van der Waals surface area contributed by atoms with Crippen LogP contribution in [0.25, 0.3) is 16.3 Å². The number of hydrogen-bond acceptors (Lipinski definition) is 5. The van der Waals surface area contributed by atoms with Crippen LogP contribution in [0.2, 0.25) is 5.02 Å². The summed E-state index contributed by atoms with van der Waals surface area (Å²) in [4.78, 5) is 27.4. The lowest BCUT2D eigenvalue weighted by Gasteiger charge is -2.05. The SMILES string of the molecule is COCCn1c(=NC(=O)/C=C/c2cccc([N+](=O)[O-])c2)sc2cccc(Cl)c21. The van der Waals surface area contributed by atoms with E-state index in [1.165, 1.54) is 35.6 Å². The highest BCUT2D eigenvalue weighted by molar-refractivity contribution is 7.16. The fraction of sp³-hybridized carbons (Fsp3) is 0.158. The molecule has 0 unspecified atom stereocenters. The quantitative estimate of drug-likeness (QED) is 0.344. The molecule has 9 heteroatoms. The van der Waals surface area contributed by atoms with E-state index in [1.807, 2.05) is 16.7 Å². The molecule has 0 fully saturated rings. The van der Waals surface area contributed by atoms with Crippen LogP contribution >= 0.6 is 22.9 Å². The number of aromatic nitrogens is 1. The molecule has 1 aromatic heterocycles. The zero-order valence-corrected chi connectivity index (χ0v) is 16.4. The number of carbonyl (C=O) groups is 1. The first-order chi connectivity index (χ1) is 13.5. The van der Waals surface area contributed by atoms with E-state index < -0.39 is 10.8 Å². The number of hydrogen-bond donors (Lipinski definition) is 0. The molecule has 144 valence electrons. The highest BCUT2D eigenvalue weighted by Crippen LogP contribution is 2.25. The van der Waals surface area contributed by atoms with Gasteiger partial charge in [-0.15, -0.1) is 0 Å². The molecule has 0 spiro atoms. The van der Waals surface area contributed by atoms with Gasteiger partial charge in [-0.1, -0.05) is 41.1 Å². The predicted molar refractivity (Wildman–Crippen MR) is 109 cm³/mol. The van der Waals surface area contributed by atoms with Crippen molar-refractivity contribution in [1.82, 2.24) is 4.57 Å². The van der Waals surface area contributed by atoms with Gasteiger partial charge in [-0.3, -0.25) is 14.9 Å². The topological polar surface area (TPSA) is 86.7 Å². The van der Waals surface area contributed by atoms with Gasteiger partial charge in [0.2, 0.25) is 0 Å². The molecule has 0 aliphatic rings. The maximum absolute atomic E-state index is 12.3. The van der Waals surface area contributed by atoms with Crippen LogP contribution in [-0.2, 0) is 16.1 Å². The summed E-state index contributed by atoms with van der Waals surface area (Å²) in [6.07, 6.45) is 2.78.